The number of amides is 1. The number of nitrogens with zero attached hydrogens (tertiary/aromatic N) is 1. The fourth-order valence-electron chi connectivity index (χ4n) is 1.80. The van der Waals surface area contributed by atoms with E-state index >= 15 is 0 Å². The van der Waals surface area contributed by atoms with Gasteiger partial charge in [0.1, 0.15) is 5.75 Å². The highest BCUT2D eigenvalue weighted by atomic mass is 31.2. The highest BCUT2D eigenvalue weighted by molar-refractivity contribution is 7.51. The molecule has 0 aliphatic carbocycles. The molecule has 0 aliphatic rings. The third-order valence-corrected chi connectivity index (χ3v) is 3.86. The molecule has 0 saturated carbocycles. The molecule has 0 saturated heterocycles. The highest BCUT2D eigenvalue weighted by Gasteiger charge is 2.15. The van der Waals surface area contributed by atoms with Crippen molar-refractivity contribution >= 4 is 13.5 Å². The Labute approximate surface area is 130 Å². The number of hydroxylamine groups is 2. The summed E-state index contributed by atoms with van der Waals surface area (Å²) in [4.78, 5) is 34.4. The molecular formula is C14H22NO6P. The van der Waals surface area contributed by atoms with Gasteiger partial charge in [-0.3, -0.25) is 14.2 Å². The van der Waals surface area contributed by atoms with Crippen molar-refractivity contribution in [2.24, 2.45) is 0 Å². The lowest BCUT2D eigenvalue weighted by Gasteiger charge is -2.20. The maximum Gasteiger partial charge on any atom is 0.325 e. The van der Waals surface area contributed by atoms with Crippen molar-refractivity contribution in [3.05, 3.63) is 29.8 Å². The van der Waals surface area contributed by atoms with Crippen LogP contribution >= 0.6 is 7.60 Å². The molecule has 0 heterocycles. The second-order valence-electron chi connectivity index (χ2n) is 4.79. The molecule has 0 atom stereocenters. The molecule has 1 aromatic rings. The zero-order valence-electron chi connectivity index (χ0n) is 12.8. The van der Waals surface area contributed by atoms with E-state index in [-0.39, 0.29) is 25.0 Å². The van der Waals surface area contributed by atoms with Crippen LogP contribution in [-0.4, -0.2) is 47.2 Å². The monoisotopic (exact) mass is 331 g/mol. The Morgan fingerprint density at radius 1 is 1.27 bits per heavy atom. The molecule has 1 aromatic carbocycles. The van der Waals surface area contributed by atoms with Gasteiger partial charge < -0.3 is 14.5 Å². The van der Waals surface area contributed by atoms with Crippen LogP contribution in [0.25, 0.3) is 0 Å². The Kier molecular flexibility index (Phi) is 7.55. The van der Waals surface area contributed by atoms with Crippen LogP contribution in [0.3, 0.4) is 0 Å². The van der Waals surface area contributed by atoms with Crippen molar-refractivity contribution in [2.75, 3.05) is 26.4 Å². The average molecular weight is 331 g/mol. The van der Waals surface area contributed by atoms with E-state index in [0.717, 1.165) is 16.4 Å². The van der Waals surface area contributed by atoms with E-state index in [0.29, 0.717) is 13.0 Å². The molecule has 22 heavy (non-hydrogen) atoms. The van der Waals surface area contributed by atoms with Crippen molar-refractivity contribution < 1.29 is 28.7 Å². The van der Waals surface area contributed by atoms with Crippen LogP contribution in [0, 0.1) is 0 Å². The minimum Gasteiger partial charge on any atom is -0.497 e. The molecule has 0 radical (unpaired) electrons. The smallest absolute Gasteiger partial charge is 0.325 e. The zero-order valence-corrected chi connectivity index (χ0v) is 13.7. The molecule has 8 heteroatoms. The minimum absolute atomic E-state index is 0.156. The maximum absolute atomic E-state index is 11.4. The number of hydrogen-bond acceptors (Lipinski definition) is 4. The van der Waals surface area contributed by atoms with Crippen LogP contribution in [-0.2, 0) is 20.6 Å². The van der Waals surface area contributed by atoms with Gasteiger partial charge in [-0.25, -0.2) is 5.06 Å². The lowest BCUT2D eigenvalue weighted by Crippen LogP contribution is -2.31. The second kappa shape index (κ2) is 8.90. The first-order valence-corrected chi connectivity index (χ1v) is 8.70. The topological polar surface area (TPSA) is 96.3 Å². The predicted octanol–water partition coefficient (Wildman–Crippen LogP) is 1.59. The van der Waals surface area contributed by atoms with Gasteiger partial charge in [0.25, 0.3) is 0 Å². The third-order valence-electron chi connectivity index (χ3n) is 2.96. The van der Waals surface area contributed by atoms with Gasteiger partial charge in [0, 0.05) is 13.5 Å². The number of ether oxygens (including phenoxy) is 1. The van der Waals surface area contributed by atoms with Gasteiger partial charge in [-0.1, -0.05) is 12.1 Å². The van der Waals surface area contributed by atoms with Gasteiger partial charge in [0.05, 0.1) is 19.9 Å². The van der Waals surface area contributed by atoms with E-state index < -0.39 is 7.60 Å². The van der Waals surface area contributed by atoms with Crippen LogP contribution in [0.2, 0.25) is 0 Å². The first-order valence-electron chi connectivity index (χ1n) is 6.90. The van der Waals surface area contributed by atoms with Crippen LogP contribution in [0.4, 0.5) is 0 Å². The van der Waals surface area contributed by atoms with Gasteiger partial charge in [0.15, 0.2) is 0 Å². The molecule has 1 rings (SSSR count). The molecule has 0 unspecified atom stereocenters. The molecule has 2 N–H and O–H groups in total. The number of carbonyl (C=O) groups excluding carboxylic acids is 1. The molecule has 0 aliphatic heterocycles. The van der Waals surface area contributed by atoms with Gasteiger partial charge in [0.2, 0.25) is 5.91 Å². The molecule has 0 fully saturated rings. The minimum atomic E-state index is -4.04. The summed E-state index contributed by atoms with van der Waals surface area (Å²) in [7, 11) is -2.44. The number of methoxy groups -OCH3 is 1. The van der Waals surface area contributed by atoms with Crippen molar-refractivity contribution in [3.8, 4) is 5.75 Å². The van der Waals surface area contributed by atoms with E-state index in [4.69, 9.17) is 19.4 Å². The lowest BCUT2D eigenvalue weighted by atomic mass is 10.1. The fraction of sp³-hybridized carbons (Fsp3) is 0.500. The van der Waals surface area contributed by atoms with Crippen molar-refractivity contribution in [3.63, 3.8) is 0 Å². The Bertz CT molecular complexity index is 513. The summed E-state index contributed by atoms with van der Waals surface area (Å²) < 4.78 is 15.8. The van der Waals surface area contributed by atoms with E-state index in [9.17, 15) is 9.36 Å². The number of rotatable bonds is 9. The number of carbonyl (C=O) groups is 1. The van der Waals surface area contributed by atoms with Crippen LogP contribution in [0.15, 0.2) is 24.3 Å². The van der Waals surface area contributed by atoms with Crippen molar-refractivity contribution in [1.82, 2.24) is 5.06 Å². The summed E-state index contributed by atoms with van der Waals surface area (Å²) in [6.07, 6.45) is 0.539. The molecular weight excluding hydrogens is 309 g/mol. The van der Waals surface area contributed by atoms with Gasteiger partial charge in [-0.15, -0.1) is 0 Å². The Morgan fingerprint density at radius 3 is 2.41 bits per heavy atom. The Morgan fingerprint density at radius 2 is 1.91 bits per heavy atom. The molecule has 7 nitrogen and oxygen atoms in total. The maximum atomic E-state index is 11.4. The Hall–Kier alpha value is -1.40. The quantitative estimate of drug-likeness (QED) is 0.527. The average Bonchev–Trinajstić information content (AvgIpc) is 2.45. The van der Waals surface area contributed by atoms with Crippen LogP contribution < -0.4 is 4.74 Å². The largest absolute Gasteiger partial charge is 0.497 e. The standard InChI is InChI=1S/C14H22NO6P/c1-12(16)15(9-3-11-22(17,18)19)21-10-8-13-4-6-14(20-2)7-5-13/h4-7H,3,8-11H2,1-2H3,(H2,17,18,19). The van der Waals surface area contributed by atoms with Gasteiger partial charge in [-0.05, 0) is 30.5 Å². The zero-order chi connectivity index (χ0) is 16.6. The lowest BCUT2D eigenvalue weighted by molar-refractivity contribution is -0.183. The van der Waals surface area contributed by atoms with E-state index in [1.165, 1.54) is 6.92 Å². The Balaban J connectivity index is 2.37. The summed E-state index contributed by atoms with van der Waals surface area (Å²) in [6, 6.07) is 7.51. The summed E-state index contributed by atoms with van der Waals surface area (Å²) >= 11 is 0. The summed E-state index contributed by atoms with van der Waals surface area (Å²) in [5, 5.41) is 1.14. The summed E-state index contributed by atoms with van der Waals surface area (Å²) in [5.41, 5.74) is 1.04. The molecule has 124 valence electrons. The second-order valence-corrected chi connectivity index (χ2v) is 6.57. The SMILES string of the molecule is COc1ccc(CCON(CCCP(=O)(O)O)C(C)=O)cc1. The molecule has 1 amide bonds. The number of hydrogen-bond donors (Lipinski definition) is 2. The summed E-state index contributed by atoms with van der Waals surface area (Å²) in [5.74, 6) is 0.480. The van der Waals surface area contributed by atoms with Crippen molar-refractivity contribution in [1.29, 1.82) is 0 Å². The third kappa shape index (κ3) is 7.56. The van der Waals surface area contributed by atoms with E-state index in [1.54, 1.807) is 7.11 Å². The predicted molar refractivity (Wildman–Crippen MR) is 81.6 cm³/mol. The summed E-state index contributed by atoms with van der Waals surface area (Å²) in [6.45, 7) is 1.82. The van der Waals surface area contributed by atoms with E-state index in [1.807, 2.05) is 24.3 Å². The first-order chi connectivity index (χ1) is 10.3. The highest BCUT2D eigenvalue weighted by Crippen LogP contribution is 2.34. The van der Waals surface area contributed by atoms with Crippen molar-refractivity contribution in [2.45, 2.75) is 19.8 Å². The molecule has 0 bridgehead atoms. The van der Waals surface area contributed by atoms with E-state index in [2.05, 4.69) is 0 Å². The number of benzene rings is 1. The fourth-order valence-corrected chi connectivity index (χ4v) is 2.35. The normalized spacial score (nSPS) is 11.3. The molecule has 0 aromatic heterocycles. The van der Waals surface area contributed by atoms with Crippen LogP contribution in [0.5, 0.6) is 5.75 Å². The van der Waals surface area contributed by atoms with Gasteiger partial charge >= 0.3 is 7.60 Å². The molecule has 0 spiro atoms. The van der Waals surface area contributed by atoms with Gasteiger partial charge in [-0.2, -0.15) is 0 Å². The van der Waals surface area contributed by atoms with Crippen LogP contribution in [0.1, 0.15) is 18.9 Å². The first kappa shape index (κ1) is 18.6.